The quantitative estimate of drug-likeness (QED) is 0.604. The normalized spacial score (nSPS) is 18.6. The Kier molecular flexibility index (Phi) is 6.19. The van der Waals surface area contributed by atoms with Gasteiger partial charge in [-0.1, -0.05) is 12.1 Å². The Morgan fingerprint density at radius 1 is 1.06 bits per heavy atom. The zero-order valence-electron chi connectivity index (χ0n) is 18.7. The monoisotopic (exact) mass is 437 g/mol. The third-order valence-corrected chi connectivity index (χ3v) is 5.55. The molecule has 2 aromatic carbocycles. The van der Waals surface area contributed by atoms with Crippen molar-refractivity contribution in [3.05, 3.63) is 58.4 Å². The lowest BCUT2D eigenvalue weighted by molar-refractivity contribution is -0.145. The first-order valence-electron chi connectivity index (χ1n) is 10.6. The van der Waals surface area contributed by atoms with E-state index in [0.717, 1.165) is 5.56 Å². The van der Waals surface area contributed by atoms with Crippen LogP contribution in [0.15, 0.2) is 51.7 Å². The van der Waals surface area contributed by atoms with Crippen molar-refractivity contribution in [1.82, 2.24) is 4.90 Å². The topological polar surface area (TPSA) is 78.2 Å². The maximum absolute atomic E-state index is 13.1. The molecule has 1 aliphatic heterocycles. The van der Waals surface area contributed by atoms with E-state index in [4.69, 9.17) is 18.6 Å². The summed E-state index contributed by atoms with van der Waals surface area (Å²) in [6.45, 7) is 6.67. The van der Waals surface area contributed by atoms with Crippen LogP contribution in [-0.2, 0) is 9.53 Å². The minimum Gasteiger partial charge on any atom is -0.497 e. The molecule has 168 valence electrons. The van der Waals surface area contributed by atoms with Crippen molar-refractivity contribution < 1.29 is 23.4 Å². The molecular formula is C25H27NO6. The van der Waals surface area contributed by atoms with Crippen LogP contribution < -0.4 is 14.9 Å². The number of methoxy groups -OCH3 is 1. The van der Waals surface area contributed by atoms with Crippen LogP contribution in [0.2, 0.25) is 0 Å². The van der Waals surface area contributed by atoms with Crippen LogP contribution in [0.3, 0.4) is 0 Å². The van der Waals surface area contributed by atoms with Gasteiger partial charge in [0.05, 0.1) is 30.3 Å². The van der Waals surface area contributed by atoms with Gasteiger partial charge >= 0.3 is 0 Å². The maximum atomic E-state index is 13.1. The van der Waals surface area contributed by atoms with Gasteiger partial charge in [0.2, 0.25) is 5.43 Å². The van der Waals surface area contributed by atoms with Crippen molar-refractivity contribution in [3.8, 4) is 22.6 Å². The number of hydrogen-bond acceptors (Lipinski definition) is 6. The molecule has 2 atom stereocenters. The second-order valence-corrected chi connectivity index (χ2v) is 8.09. The van der Waals surface area contributed by atoms with Crippen LogP contribution in [0.5, 0.6) is 11.5 Å². The van der Waals surface area contributed by atoms with Gasteiger partial charge in [-0.05, 0) is 50.6 Å². The molecule has 4 rings (SSSR count). The van der Waals surface area contributed by atoms with Crippen LogP contribution in [0.4, 0.5) is 0 Å². The molecule has 32 heavy (non-hydrogen) atoms. The lowest BCUT2D eigenvalue weighted by Gasteiger charge is -2.35. The lowest BCUT2D eigenvalue weighted by Crippen LogP contribution is -2.49. The minimum atomic E-state index is -0.118. The Balaban J connectivity index is 1.54. The zero-order valence-corrected chi connectivity index (χ0v) is 18.7. The molecule has 1 aromatic heterocycles. The van der Waals surface area contributed by atoms with Crippen molar-refractivity contribution in [2.45, 2.75) is 33.0 Å². The predicted molar refractivity (Wildman–Crippen MR) is 121 cm³/mol. The summed E-state index contributed by atoms with van der Waals surface area (Å²) < 4.78 is 22.5. The van der Waals surface area contributed by atoms with Crippen molar-refractivity contribution in [3.63, 3.8) is 0 Å². The lowest BCUT2D eigenvalue weighted by atomic mass is 10.0. The number of benzene rings is 2. The molecule has 1 fully saturated rings. The van der Waals surface area contributed by atoms with Crippen LogP contribution in [0.25, 0.3) is 22.1 Å². The number of rotatable bonds is 5. The maximum Gasteiger partial charge on any atom is 0.260 e. The van der Waals surface area contributed by atoms with E-state index in [1.54, 1.807) is 37.1 Å². The molecule has 0 spiro atoms. The number of nitrogens with zero attached hydrogens (tertiary/aromatic N) is 1. The number of ether oxygens (including phenoxy) is 3. The van der Waals surface area contributed by atoms with Crippen molar-refractivity contribution in [2.24, 2.45) is 0 Å². The number of fused-ring (bicyclic) bond motifs is 1. The van der Waals surface area contributed by atoms with Gasteiger partial charge in [0, 0.05) is 19.2 Å². The molecule has 2 heterocycles. The third-order valence-electron chi connectivity index (χ3n) is 5.55. The van der Waals surface area contributed by atoms with Gasteiger partial charge in [-0.25, -0.2) is 0 Å². The Hall–Kier alpha value is -3.32. The first-order chi connectivity index (χ1) is 15.4. The summed E-state index contributed by atoms with van der Waals surface area (Å²) in [6, 6.07) is 12.3. The second kappa shape index (κ2) is 9.04. The Morgan fingerprint density at radius 3 is 2.38 bits per heavy atom. The molecule has 1 amide bonds. The van der Waals surface area contributed by atoms with E-state index in [9.17, 15) is 9.59 Å². The standard InChI is InChI=1S/C25H27NO6/c1-15-12-26(13-16(2)31-15)23(27)14-30-20-9-10-21-22(11-20)32-17(3)24(25(21)28)18-5-7-19(29-4)8-6-18/h5-11,15-16H,12-14H2,1-4H3. The van der Waals surface area contributed by atoms with Gasteiger partial charge in [0.15, 0.2) is 6.61 Å². The van der Waals surface area contributed by atoms with Gasteiger partial charge < -0.3 is 23.5 Å². The van der Waals surface area contributed by atoms with Crippen molar-refractivity contribution in [2.75, 3.05) is 26.8 Å². The van der Waals surface area contributed by atoms with E-state index in [1.807, 2.05) is 38.1 Å². The predicted octanol–water partition coefficient (Wildman–Crippen LogP) is 3.79. The molecule has 7 nitrogen and oxygen atoms in total. The molecule has 0 radical (unpaired) electrons. The van der Waals surface area contributed by atoms with E-state index in [1.165, 1.54) is 0 Å². The van der Waals surface area contributed by atoms with E-state index in [0.29, 0.717) is 46.9 Å². The van der Waals surface area contributed by atoms with E-state index >= 15 is 0 Å². The van der Waals surface area contributed by atoms with Crippen LogP contribution in [-0.4, -0.2) is 49.8 Å². The summed E-state index contributed by atoms with van der Waals surface area (Å²) in [5.41, 5.74) is 1.58. The number of aryl methyl sites for hydroxylation is 1. The summed E-state index contributed by atoms with van der Waals surface area (Å²) in [7, 11) is 1.60. The highest BCUT2D eigenvalue weighted by molar-refractivity contribution is 5.84. The van der Waals surface area contributed by atoms with Gasteiger partial charge in [0.1, 0.15) is 22.8 Å². The number of amides is 1. The number of carbonyl (C=O) groups is 1. The van der Waals surface area contributed by atoms with E-state index in [2.05, 4.69) is 0 Å². The fraction of sp³-hybridized carbons (Fsp3) is 0.360. The number of carbonyl (C=O) groups excluding carboxylic acids is 1. The molecule has 1 aliphatic rings. The molecule has 0 bridgehead atoms. The van der Waals surface area contributed by atoms with Gasteiger partial charge in [-0.2, -0.15) is 0 Å². The van der Waals surface area contributed by atoms with Crippen LogP contribution in [0.1, 0.15) is 19.6 Å². The largest absolute Gasteiger partial charge is 0.497 e. The highest BCUT2D eigenvalue weighted by atomic mass is 16.5. The first-order valence-corrected chi connectivity index (χ1v) is 10.6. The molecular weight excluding hydrogens is 410 g/mol. The highest BCUT2D eigenvalue weighted by Crippen LogP contribution is 2.27. The summed E-state index contributed by atoms with van der Waals surface area (Å²) in [5, 5.41) is 0.455. The van der Waals surface area contributed by atoms with Crippen molar-refractivity contribution in [1.29, 1.82) is 0 Å². The Labute approximate surface area is 186 Å². The van der Waals surface area contributed by atoms with E-state index in [-0.39, 0.29) is 30.2 Å². The van der Waals surface area contributed by atoms with Gasteiger partial charge in [-0.3, -0.25) is 9.59 Å². The SMILES string of the molecule is COc1ccc(-c2c(C)oc3cc(OCC(=O)N4CC(C)OC(C)C4)ccc3c2=O)cc1. The first kappa shape index (κ1) is 21.9. The molecule has 7 heteroatoms. The Bertz CT molecular complexity index is 1170. The Morgan fingerprint density at radius 2 is 1.72 bits per heavy atom. The third kappa shape index (κ3) is 4.48. The summed E-state index contributed by atoms with van der Waals surface area (Å²) >= 11 is 0. The number of hydrogen-bond donors (Lipinski definition) is 0. The van der Waals surface area contributed by atoms with Gasteiger partial charge in [0.25, 0.3) is 5.91 Å². The van der Waals surface area contributed by atoms with E-state index < -0.39 is 0 Å². The van der Waals surface area contributed by atoms with Gasteiger partial charge in [-0.15, -0.1) is 0 Å². The highest BCUT2D eigenvalue weighted by Gasteiger charge is 2.26. The zero-order chi connectivity index (χ0) is 22.8. The van der Waals surface area contributed by atoms with Crippen LogP contribution in [0, 0.1) is 6.92 Å². The molecule has 3 aromatic rings. The average Bonchev–Trinajstić information content (AvgIpc) is 2.77. The molecule has 0 saturated carbocycles. The smallest absolute Gasteiger partial charge is 0.260 e. The molecule has 0 aliphatic carbocycles. The van der Waals surface area contributed by atoms with Crippen molar-refractivity contribution >= 4 is 16.9 Å². The molecule has 2 unspecified atom stereocenters. The summed E-state index contributed by atoms with van der Waals surface area (Å²) in [6.07, 6.45) is 0.000957. The second-order valence-electron chi connectivity index (χ2n) is 8.09. The average molecular weight is 437 g/mol. The fourth-order valence-corrected chi connectivity index (χ4v) is 4.08. The summed E-state index contributed by atoms with van der Waals surface area (Å²) in [4.78, 5) is 27.4. The van der Waals surface area contributed by atoms with Crippen LogP contribution >= 0.6 is 0 Å². The fourth-order valence-electron chi connectivity index (χ4n) is 4.08. The minimum absolute atomic E-state index is 0.000479. The molecule has 0 N–H and O–H groups in total. The summed E-state index contributed by atoms with van der Waals surface area (Å²) in [5.74, 6) is 1.60. The number of morpholine rings is 1. The molecule has 1 saturated heterocycles.